The Bertz CT molecular complexity index is 703. The fourth-order valence-corrected chi connectivity index (χ4v) is 3.42. The van der Waals surface area contributed by atoms with Gasteiger partial charge in [0.15, 0.2) is 0 Å². The van der Waals surface area contributed by atoms with E-state index in [9.17, 15) is 26.4 Å². The molecule has 1 aromatic rings. The van der Waals surface area contributed by atoms with Gasteiger partial charge in [0.05, 0.1) is 7.11 Å². The third kappa shape index (κ3) is 5.91. The molecule has 2 N–H and O–H groups in total. The lowest BCUT2D eigenvalue weighted by atomic mass is 10.1. The highest BCUT2D eigenvalue weighted by molar-refractivity contribution is 7.90. The molecule has 136 valence electrons. The van der Waals surface area contributed by atoms with E-state index in [1.54, 1.807) is 24.6 Å². The average molecular weight is 368 g/mol. The van der Waals surface area contributed by atoms with Gasteiger partial charge in [-0.25, -0.2) is 17.9 Å². The Morgan fingerprint density at radius 1 is 1.25 bits per heavy atom. The summed E-state index contributed by atoms with van der Waals surface area (Å²) in [7, 11) is -2.93. The molecule has 0 spiro atoms. The van der Waals surface area contributed by atoms with Gasteiger partial charge in [-0.3, -0.25) is 0 Å². The Balaban J connectivity index is 2.79. The Labute approximate surface area is 138 Å². The summed E-state index contributed by atoms with van der Waals surface area (Å²) in [6.07, 6.45) is -5.73. The third-order valence-electron chi connectivity index (χ3n) is 3.02. The summed E-state index contributed by atoms with van der Waals surface area (Å²) in [5, 5.41) is 2.08. The van der Waals surface area contributed by atoms with E-state index in [2.05, 4.69) is 5.32 Å². The molecule has 10 heteroatoms. The zero-order chi connectivity index (χ0) is 18.5. The highest BCUT2D eigenvalue weighted by atomic mass is 32.2. The van der Waals surface area contributed by atoms with Gasteiger partial charge < -0.3 is 10.1 Å². The summed E-state index contributed by atoms with van der Waals surface area (Å²) in [5.41, 5.74) is 1.16. The van der Waals surface area contributed by atoms with Crippen molar-refractivity contribution in [3.05, 3.63) is 23.3 Å². The Morgan fingerprint density at radius 3 is 2.42 bits per heavy atom. The van der Waals surface area contributed by atoms with Crippen LogP contribution in [0.15, 0.2) is 17.0 Å². The quantitative estimate of drug-likeness (QED) is 0.756. The van der Waals surface area contributed by atoms with Gasteiger partial charge >= 0.3 is 12.2 Å². The summed E-state index contributed by atoms with van der Waals surface area (Å²) < 4.78 is 67.4. The van der Waals surface area contributed by atoms with Crippen LogP contribution in [0.1, 0.15) is 24.0 Å². The number of methoxy groups -OCH3 is 1. The molecule has 0 aliphatic carbocycles. The fourth-order valence-electron chi connectivity index (χ4n) is 2.11. The van der Waals surface area contributed by atoms with Crippen LogP contribution in [0.5, 0.6) is 5.75 Å². The van der Waals surface area contributed by atoms with Gasteiger partial charge in [0.1, 0.15) is 10.6 Å². The molecule has 0 heterocycles. The van der Waals surface area contributed by atoms with Crippen LogP contribution in [-0.4, -0.2) is 34.3 Å². The SMILES string of the molecule is COc1cc(C)cc(C)c1S(=O)(=O)NC(=O)NCCCC(F)(F)F. The second-order valence-corrected chi connectivity index (χ2v) is 6.81. The topological polar surface area (TPSA) is 84.5 Å². The first-order valence-electron chi connectivity index (χ1n) is 6.99. The lowest BCUT2D eigenvalue weighted by molar-refractivity contribution is -0.135. The number of benzene rings is 1. The van der Waals surface area contributed by atoms with E-state index in [0.717, 1.165) is 5.56 Å². The molecule has 0 aliphatic heterocycles. The van der Waals surface area contributed by atoms with E-state index in [1.807, 2.05) is 0 Å². The lowest BCUT2D eigenvalue weighted by Gasteiger charge is -2.14. The molecule has 0 bridgehead atoms. The van der Waals surface area contributed by atoms with Crippen LogP contribution in [0.3, 0.4) is 0 Å². The van der Waals surface area contributed by atoms with E-state index in [4.69, 9.17) is 4.74 Å². The smallest absolute Gasteiger partial charge is 0.389 e. The maximum absolute atomic E-state index is 12.3. The van der Waals surface area contributed by atoms with Crippen LogP contribution < -0.4 is 14.8 Å². The number of urea groups is 1. The number of halogens is 3. The number of amides is 2. The van der Waals surface area contributed by atoms with Crippen molar-refractivity contribution in [1.82, 2.24) is 10.0 Å². The van der Waals surface area contributed by atoms with Crippen LogP contribution in [0, 0.1) is 13.8 Å². The number of sulfonamides is 1. The van der Waals surface area contributed by atoms with Gasteiger partial charge in [-0.05, 0) is 37.5 Å². The summed E-state index contributed by atoms with van der Waals surface area (Å²) in [6.45, 7) is 3.00. The van der Waals surface area contributed by atoms with Crippen LogP contribution in [-0.2, 0) is 10.0 Å². The van der Waals surface area contributed by atoms with Gasteiger partial charge in [-0.2, -0.15) is 13.2 Å². The van der Waals surface area contributed by atoms with E-state index >= 15 is 0 Å². The molecule has 24 heavy (non-hydrogen) atoms. The minimum atomic E-state index is -4.32. The number of ether oxygens (including phenoxy) is 1. The summed E-state index contributed by atoms with van der Waals surface area (Å²) in [5.74, 6) is 0.0740. The zero-order valence-corrected chi connectivity index (χ0v) is 14.3. The van der Waals surface area contributed by atoms with Gasteiger partial charge in [0.2, 0.25) is 0 Å². The Hall–Kier alpha value is -1.97. The molecule has 0 aliphatic rings. The number of nitrogens with one attached hydrogen (secondary N) is 2. The highest BCUT2D eigenvalue weighted by Gasteiger charge is 2.27. The first-order chi connectivity index (χ1) is 11.0. The van der Waals surface area contributed by atoms with Crippen LogP contribution in [0.2, 0.25) is 0 Å². The van der Waals surface area contributed by atoms with E-state index in [1.165, 1.54) is 13.2 Å². The number of rotatable bonds is 6. The number of hydrogen-bond acceptors (Lipinski definition) is 4. The monoisotopic (exact) mass is 368 g/mol. The number of carbonyl (C=O) groups excluding carboxylic acids is 1. The number of carbonyl (C=O) groups is 1. The van der Waals surface area contributed by atoms with Crippen molar-refractivity contribution in [3.63, 3.8) is 0 Å². The van der Waals surface area contributed by atoms with Crippen molar-refractivity contribution in [3.8, 4) is 5.75 Å². The molecule has 0 aromatic heterocycles. The van der Waals surface area contributed by atoms with E-state index < -0.39 is 28.7 Å². The summed E-state index contributed by atoms with van der Waals surface area (Å²) in [4.78, 5) is 11.4. The van der Waals surface area contributed by atoms with E-state index in [0.29, 0.717) is 5.56 Å². The molecule has 0 atom stereocenters. The van der Waals surface area contributed by atoms with Crippen molar-refractivity contribution >= 4 is 16.1 Å². The van der Waals surface area contributed by atoms with Gasteiger partial charge in [0.25, 0.3) is 10.0 Å². The summed E-state index contributed by atoms with van der Waals surface area (Å²) in [6, 6.07) is 2.01. The van der Waals surface area contributed by atoms with Gasteiger partial charge in [0, 0.05) is 13.0 Å². The number of alkyl halides is 3. The molecule has 2 amide bonds. The standard InChI is InChI=1S/C14H19F3N2O4S/c1-9-7-10(2)12(11(8-9)23-3)24(21,22)19-13(20)18-6-4-5-14(15,16)17/h7-8H,4-6H2,1-3H3,(H2,18,19,20). The first-order valence-corrected chi connectivity index (χ1v) is 8.47. The molecule has 0 saturated heterocycles. The number of aryl methyl sites for hydroxylation is 2. The zero-order valence-electron chi connectivity index (χ0n) is 13.5. The fraction of sp³-hybridized carbons (Fsp3) is 0.500. The number of hydrogen-bond donors (Lipinski definition) is 2. The predicted octanol–water partition coefficient (Wildman–Crippen LogP) is 2.64. The van der Waals surface area contributed by atoms with Crippen molar-refractivity contribution < 1.29 is 31.1 Å². The van der Waals surface area contributed by atoms with Gasteiger partial charge in [-0.1, -0.05) is 6.07 Å². The molecule has 0 fully saturated rings. The lowest BCUT2D eigenvalue weighted by Crippen LogP contribution is -2.40. The van der Waals surface area contributed by atoms with Crippen molar-refractivity contribution in [2.24, 2.45) is 0 Å². The Morgan fingerprint density at radius 2 is 1.88 bits per heavy atom. The third-order valence-corrected chi connectivity index (χ3v) is 4.54. The second kappa shape index (κ2) is 7.73. The molecule has 1 aromatic carbocycles. The van der Waals surface area contributed by atoms with Crippen molar-refractivity contribution in [1.29, 1.82) is 0 Å². The average Bonchev–Trinajstić information content (AvgIpc) is 2.40. The maximum atomic E-state index is 12.3. The molecule has 0 unspecified atom stereocenters. The minimum absolute atomic E-state index is 0.0740. The molecule has 0 radical (unpaired) electrons. The molecule has 1 rings (SSSR count). The minimum Gasteiger partial charge on any atom is -0.495 e. The van der Waals surface area contributed by atoms with E-state index in [-0.39, 0.29) is 23.6 Å². The largest absolute Gasteiger partial charge is 0.495 e. The first kappa shape index (κ1) is 20.1. The second-order valence-electron chi connectivity index (χ2n) is 5.19. The van der Waals surface area contributed by atoms with Gasteiger partial charge in [-0.15, -0.1) is 0 Å². The normalized spacial score (nSPS) is 11.9. The highest BCUT2D eigenvalue weighted by Crippen LogP contribution is 2.28. The summed E-state index contributed by atoms with van der Waals surface area (Å²) >= 11 is 0. The van der Waals surface area contributed by atoms with Crippen LogP contribution in [0.4, 0.5) is 18.0 Å². The van der Waals surface area contributed by atoms with Crippen LogP contribution >= 0.6 is 0 Å². The van der Waals surface area contributed by atoms with Crippen molar-refractivity contribution in [2.45, 2.75) is 37.8 Å². The molecule has 6 nitrogen and oxygen atoms in total. The van der Waals surface area contributed by atoms with Crippen molar-refractivity contribution in [2.75, 3.05) is 13.7 Å². The molecular formula is C14H19F3N2O4S. The molecular weight excluding hydrogens is 349 g/mol. The van der Waals surface area contributed by atoms with Crippen LogP contribution in [0.25, 0.3) is 0 Å². The maximum Gasteiger partial charge on any atom is 0.389 e. The predicted molar refractivity (Wildman–Crippen MR) is 81.5 cm³/mol. The molecule has 0 saturated carbocycles. The Kier molecular flexibility index (Phi) is 6.47.